The molecule has 152 valence electrons. The van der Waals surface area contributed by atoms with Crippen molar-refractivity contribution in [2.45, 2.75) is 6.54 Å². The van der Waals surface area contributed by atoms with Crippen molar-refractivity contribution in [1.82, 2.24) is 10.2 Å². The number of aliphatic imine (C=N–C) groups is 1. The zero-order valence-corrected chi connectivity index (χ0v) is 20.0. The lowest BCUT2D eigenvalue weighted by Gasteiger charge is -2.37. The molecule has 0 saturated carbocycles. The van der Waals surface area contributed by atoms with E-state index in [0.29, 0.717) is 12.3 Å². The molecule has 6 nitrogen and oxygen atoms in total. The van der Waals surface area contributed by atoms with E-state index in [2.05, 4.69) is 42.1 Å². The number of phenolic OH excluding ortho intramolecular Hbond substituents is 1. The summed E-state index contributed by atoms with van der Waals surface area (Å²) in [4.78, 5) is 8.87. The number of hydrogen-bond acceptors (Lipinski definition) is 4. The fourth-order valence-corrected chi connectivity index (χ4v) is 3.69. The number of para-hydroxylation sites is 2. The van der Waals surface area contributed by atoms with Crippen LogP contribution >= 0.6 is 39.9 Å². The highest BCUT2D eigenvalue weighted by molar-refractivity contribution is 14.0. The molecule has 0 atom stereocenters. The Labute approximate surface area is 191 Å². The zero-order valence-electron chi connectivity index (χ0n) is 16.1. The van der Waals surface area contributed by atoms with Crippen LogP contribution in [-0.4, -0.2) is 56.3 Å². The summed E-state index contributed by atoms with van der Waals surface area (Å²) in [7, 11) is 3.48. The predicted octanol–water partition coefficient (Wildman–Crippen LogP) is 3.68. The van der Waals surface area contributed by atoms with Gasteiger partial charge in [0.25, 0.3) is 0 Å². The van der Waals surface area contributed by atoms with Gasteiger partial charge in [-0.05, 0) is 30.3 Å². The third-order valence-electron chi connectivity index (χ3n) is 4.69. The Hall–Kier alpha value is -1.68. The number of halogens is 2. The predicted molar refractivity (Wildman–Crippen MR) is 128 cm³/mol. The van der Waals surface area contributed by atoms with Crippen LogP contribution in [0.5, 0.6) is 11.5 Å². The molecular weight excluding hydrogens is 535 g/mol. The number of aromatic hydroxyl groups is 1. The molecule has 0 aromatic heterocycles. The number of ether oxygens (including phenoxy) is 1. The fraction of sp³-hybridized carbons (Fsp3) is 0.350. The van der Waals surface area contributed by atoms with Crippen molar-refractivity contribution in [2.75, 3.05) is 45.2 Å². The number of rotatable bonds is 4. The van der Waals surface area contributed by atoms with E-state index < -0.39 is 0 Å². The molecule has 0 aliphatic carbocycles. The molecule has 1 fully saturated rings. The summed E-state index contributed by atoms with van der Waals surface area (Å²) in [6.45, 7) is 3.97. The number of benzene rings is 2. The van der Waals surface area contributed by atoms with Gasteiger partial charge in [-0.25, -0.2) is 0 Å². The third-order valence-corrected chi connectivity index (χ3v) is 5.19. The van der Waals surface area contributed by atoms with Crippen LogP contribution in [0.1, 0.15) is 5.56 Å². The summed E-state index contributed by atoms with van der Waals surface area (Å²) in [5.74, 6) is 2.05. The van der Waals surface area contributed by atoms with E-state index in [1.165, 1.54) is 0 Å². The first-order chi connectivity index (χ1) is 13.1. The van der Waals surface area contributed by atoms with Crippen LogP contribution in [0, 0.1) is 0 Å². The minimum atomic E-state index is 0. The maximum Gasteiger partial charge on any atom is 0.194 e. The molecule has 1 aliphatic heterocycles. The number of phenols is 1. The molecular formula is C20H26BrIN4O2. The van der Waals surface area contributed by atoms with Gasteiger partial charge in [0.15, 0.2) is 5.96 Å². The summed E-state index contributed by atoms with van der Waals surface area (Å²) >= 11 is 3.51. The van der Waals surface area contributed by atoms with Crippen molar-refractivity contribution in [3.8, 4) is 11.5 Å². The monoisotopic (exact) mass is 560 g/mol. The fourth-order valence-electron chi connectivity index (χ4n) is 3.28. The van der Waals surface area contributed by atoms with Crippen molar-refractivity contribution in [1.29, 1.82) is 0 Å². The van der Waals surface area contributed by atoms with Gasteiger partial charge >= 0.3 is 0 Å². The standard InChI is InChI=1S/C20H25BrN4O2.HI/c1-22-20(23-14-15-13-16(21)7-8-19(15)27-2)25-11-9-24(10-12-25)17-5-3-4-6-18(17)26;/h3-8,13,26H,9-12,14H2,1-2H3,(H,22,23);1H. The van der Waals surface area contributed by atoms with E-state index in [0.717, 1.165) is 53.6 Å². The first-order valence-corrected chi connectivity index (χ1v) is 9.72. The van der Waals surface area contributed by atoms with Crippen LogP contribution < -0.4 is 15.0 Å². The molecule has 0 radical (unpaired) electrons. The second-order valence-electron chi connectivity index (χ2n) is 6.32. The Morgan fingerprint density at radius 2 is 1.89 bits per heavy atom. The van der Waals surface area contributed by atoms with Gasteiger partial charge in [-0.1, -0.05) is 28.1 Å². The number of hydrogen-bond donors (Lipinski definition) is 2. The molecule has 1 saturated heterocycles. The quantitative estimate of drug-likeness (QED) is 0.339. The molecule has 2 aromatic rings. The van der Waals surface area contributed by atoms with Crippen molar-refractivity contribution in [2.24, 2.45) is 4.99 Å². The normalized spacial score (nSPS) is 14.5. The van der Waals surface area contributed by atoms with E-state index in [4.69, 9.17) is 4.74 Å². The van der Waals surface area contributed by atoms with E-state index >= 15 is 0 Å². The second kappa shape index (κ2) is 10.8. The zero-order chi connectivity index (χ0) is 19.2. The van der Waals surface area contributed by atoms with Gasteiger partial charge in [0.05, 0.1) is 12.8 Å². The van der Waals surface area contributed by atoms with Crippen LogP contribution in [0.2, 0.25) is 0 Å². The van der Waals surface area contributed by atoms with Gasteiger partial charge in [0.2, 0.25) is 0 Å². The first kappa shape index (κ1) is 22.6. The van der Waals surface area contributed by atoms with Crippen LogP contribution in [-0.2, 0) is 6.54 Å². The molecule has 8 heteroatoms. The third kappa shape index (κ3) is 5.44. The number of guanidine groups is 1. The molecule has 2 N–H and O–H groups in total. The smallest absolute Gasteiger partial charge is 0.194 e. The maximum atomic E-state index is 10.1. The van der Waals surface area contributed by atoms with Crippen LogP contribution in [0.3, 0.4) is 0 Å². The lowest BCUT2D eigenvalue weighted by molar-refractivity contribution is 0.368. The number of nitrogens with one attached hydrogen (secondary N) is 1. The minimum Gasteiger partial charge on any atom is -0.506 e. The molecule has 1 heterocycles. The Kier molecular flexibility index (Phi) is 8.68. The second-order valence-corrected chi connectivity index (χ2v) is 7.24. The van der Waals surface area contributed by atoms with Crippen molar-refractivity contribution < 1.29 is 9.84 Å². The van der Waals surface area contributed by atoms with Crippen LogP contribution in [0.15, 0.2) is 51.9 Å². The summed E-state index contributed by atoms with van der Waals surface area (Å²) in [6, 6.07) is 13.5. The number of piperazine rings is 1. The van der Waals surface area contributed by atoms with Gasteiger partial charge in [-0.3, -0.25) is 4.99 Å². The Morgan fingerprint density at radius 1 is 1.18 bits per heavy atom. The molecule has 0 bridgehead atoms. The van der Waals surface area contributed by atoms with Gasteiger partial charge in [0.1, 0.15) is 11.5 Å². The molecule has 0 amide bonds. The Balaban J connectivity index is 0.00000280. The van der Waals surface area contributed by atoms with Crippen molar-refractivity contribution >= 4 is 51.6 Å². The average molecular weight is 561 g/mol. The topological polar surface area (TPSA) is 60.3 Å². The molecule has 2 aromatic carbocycles. The number of methoxy groups -OCH3 is 1. The van der Waals surface area contributed by atoms with Gasteiger partial charge in [-0.15, -0.1) is 24.0 Å². The van der Waals surface area contributed by atoms with Crippen molar-refractivity contribution in [3.05, 3.63) is 52.5 Å². The van der Waals surface area contributed by atoms with Crippen molar-refractivity contribution in [3.63, 3.8) is 0 Å². The maximum absolute atomic E-state index is 10.1. The lowest BCUT2D eigenvalue weighted by atomic mass is 10.2. The average Bonchev–Trinajstić information content (AvgIpc) is 2.69. The lowest BCUT2D eigenvalue weighted by Crippen LogP contribution is -2.52. The Bertz CT molecular complexity index is 811. The van der Waals surface area contributed by atoms with E-state index in [-0.39, 0.29) is 24.0 Å². The SMILES string of the molecule is CN=C(NCc1cc(Br)ccc1OC)N1CCN(c2ccccc2O)CC1.I. The van der Waals surface area contributed by atoms with E-state index in [1.54, 1.807) is 20.2 Å². The molecule has 0 unspecified atom stereocenters. The minimum absolute atomic E-state index is 0. The summed E-state index contributed by atoms with van der Waals surface area (Å²) in [5.41, 5.74) is 1.96. The number of anilines is 1. The summed E-state index contributed by atoms with van der Waals surface area (Å²) in [6.07, 6.45) is 0. The first-order valence-electron chi connectivity index (χ1n) is 8.93. The molecule has 1 aliphatic rings. The van der Waals surface area contributed by atoms with Crippen LogP contribution in [0.25, 0.3) is 0 Å². The summed E-state index contributed by atoms with van der Waals surface area (Å²) < 4.78 is 6.46. The highest BCUT2D eigenvalue weighted by Crippen LogP contribution is 2.27. The van der Waals surface area contributed by atoms with Crippen LogP contribution in [0.4, 0.5) is 5.69 Å². The highest BCUT2D eigenvalue weighted by atomic mass is 127. The van der Waals surface area contributed by atoms with Gasteiger partial charge in [0, 0.05) is 49.8 Å². The Morgan fingerprint density at radius 3 is 2.54 bits per heavy atom. The van der Waals surface area contributed by atoms with Gasteiger partial charge in [-0.2, -0.15) is 0 Å². The molecule has 28 heavy (non-hydrogen) atoms. The molecule has 0 spiro atoms. The summed E-state index contributed by atoms with van der Waals surface area (Å²) in [5, 5.41) is 13.5. The van der Waals surface area contributed by atoms with E-state index in [9.17, 15) is 5.11 Å². The molecule has 3 rings (SSSR count). The number of nitrogens with zero attached hydrogens (tertiary/aromatic N) is 3. The highest BCUT2D eigenvalue weighted by Gasteiger charge is 2.21. The largest absolute Gasteiger partial charge is 0.506 e. The van der Waals surface area contributed by atoms with Gasteiger partial charge < -0.3 is 25.0 Å². The van der Waals surface area contributed by atoms with E-state index in [1.807, 2.05) is 30.3 Å².